The zero-order valence-electron chi connectivity index (χ0n) is 35.1. The monoisotopic (exact) mass is 822 g/mol. The van der Waals surface area contributed by atoms with E-state index in [9.17, 15) is 28.8 Å². The van der Waals surface area contributed by atoms with Gasteiger partial charge in [-0.1, -0.05) is 39.5 Å². The standard InChI is InChI=1S/C8H14O3.2C7H12O3.2C6H10O3.C5H8O3/c1-6(2)8(9)11-5-7(3)10-4;1-6(2)7(8)10-5-4-9-3;1-4-7(8)10-5-6(2)9-3;1-5(2)6(8)9-4-3-7;1-3-6(7)9-5-4-8-2;1-2-5(7)8-4-3-6/h7H,1,5H2,2-4H3;1,4-5H2,2-3H3;4,6H,1,5H2,2-3H3;7H,1,3-4H2,2H3;3H,1,4-5H2,2H3;2,6H,1,3-4H2. The molecular weight excluding hydrogens is 756 g/mol. The number of carbonyl (C=O) groups is 6. The van der Waals surface area contributed by atoms with Crippen LogP contribution in [0.4, 0.5) is 0 Å². The number of hydrogen-bond acceptors (Lipinski definition) is 18. The first-order valence-electron chi connectivity index (χ1n) is 16.9. The van der Waals surface area contributed by atoms with Crippen molar-refractivity contribution < 1.29 is 86.3 Å². The number of methoxy groups -OCH3 is 4. The second-order valence-corrected chi connectivity index (χ2v) is 10.3. The second-order valence-electron chi connectivity index (χ2n) is 10.3. The van der Waals surface area contributed by atoms with Crippen LogP contribution >= 0.6 is 0 Å². The number of esters is 6. The first-order chi connectivity index (χ1) is 26.8. The molecule has 0 spiro atoms. The smallest absolute Gasteiger partial charge is 0.333 e. The summed E-state index contributed by atoms with van der Waals surface area (Å²) >= 11 is 0. The van der Waals surface area contributed by atoms with Gasteiger partial charge in [-0.15, -0.1) is 0 Å². The summed E-state index contributed by atoms with van der Waals surface area (Å²) < 4.78 is 46.5. The Morgan fingerprint density at radius 1 is 0.474 bits per heavy atom. The van der Waals surface area contributed by atoms with E-state index in [1.165, 1.54) is 0 Å². The summed E-state index contributed by atoms with van der Waals surface area (Å²) in [4.78, 5) is 62.7. The molecule has 330 valence electrons. The van der Waals surface area contributed by atoms with Gasteiger partial charge in [0.25, 0.3) is 0 Å². The lowest BCUT2D eigenvalue weighted by molar-refractivity contribution is -0.142. The van der Waals surface area contributed by atoms with E-state index < -0.39 is 23.9 Å². The molecule has 0 saturated heterocycles. The first-order valence-corrected chi connectivity index (χ1v) is 16.9. The van der Waals surface area contributed by atoms with E-state index in [1.807, 2.05) is 13.8 Å². The van der Waals surface area contributed by atoms with Crippen molar-refractivity contribution in [1.82, 2.24) is 0 Å². The number of hydrogen-bond donors (Lipinski definition) is 2. The van der Waals surface area contributed by atoms with E-state index >= 15 is 0 Å². The van der Waals surface area contributed by atoms with Crippen molar-refractivity contribution >= 4 is 35.8 Å². The Kier molecular flexibility index (Phi) is 55.0. The predicted molar refractivity (Wildman–Crippen MR) is 212 cm³/mol. The highest BCUT2D eigenvalue weighted by Crippen LogP contribution is 1.95. The van der Waals surface area contributed by atoms with Crippen LogP contribution in [0.15, 0.2) is 74.4 Å². The molecule has 18 nitrogen and oxygen atoms in total. The fourth-order valence-electron chi connectivity index (χ4n) is 1.80. The number of aliphatic hydroxyl groups is 2. The van der Waals surface area contributed by atoms with Crippen LogP contribution in [-0.4, -0.2) is 153 Å². The quantitative estimate of drug-likeness (QED) is 0.0691. The lowest BCUT2D eigenvalue weighted by Gasteiger charge is -2.09. The maximum absolute atomic E-state index is 10.8. The van der Waals surface area contributed by atoms with E-state index in [0.29, 0.717) is 43.1 Å². The molecule has 0 fully saturated rings. The zero-order chi connectivity index (χ0) is 45.6. The Balaban J connectivity index is -0.000000137. The largest absolute Gasteiger partial charge is 0.460 e. The summed E-state index contributed by atoms with van der Waals surface area (Å²) in [6.45, 7) is 30.1. The molecule has 0 aliphatic rings. The van der Waals surface area contributed by atoms with Crippen LogP contribution in [0.2, 0.25) is 0 Å². The molecule has 2 unspecified atom stereocenters. The molecule has 0 heterocycles. The van der Waals surface area contributed by atoms with Crippen molar-refractivity contribution in [3.63, 3.8) is 0 Å². The van der Waals surface area contributed by atoms with Crippen molar-refractivity contribution in [3.05, 3.63) is 74.4 Å². The third kappa shape index (κ3) is 60.5. The van der Waals surface area contributed by atoms with Crippen LogP contribution in [0.3, 0.4) is 0 Å². The minimum absolute atomic E-state index is 0.0465. The molecule has 2 N–H and O–H groups in total. The molecular formula is C39H66O18. The van der Waals surface area contributed by atoms with Crippen LogP contribution in [0.5, 0.6) is 0 Å². The van der Waals surface area contributed by atoms with Crippen LogP contribution in [-0.2, 0) is 76.1 Å². The van der Waals surface area contributed by atoms with Crippen LogP contribution in [0, 0.1) is 0 Å². The topological polar surface area (TPSA) is 235 Å². The molecule has 18 heteroatoms. The Morgan fingerprint density at radius 2 is 0.754 bits per heavy atom. The number of carbonyl (C=O) groups excluding carboxylic acids is 6. The van der Waals surface area contributed by atoms with Crippen LogP contribution in [0.25, 0.3) is 0 Å². The van der Waals surface area contributed by atoms with E-state index in [1.54, 1.807) is 49.2 Å². The van der Waals surface area contributed by atoms with Gasteiger partial charge in [0.15, 0.2) is 0 Å². The van der Waals surface area contributed by atoms with Gasteiger partial charge in [0, 0.05) is 63.4 Å². The lowest BCUT2D eigenvalue weighted by Crippen LogP contribution is -2.17. The molecule has 0 aliphatic carbocycles. The van der Waals surface area contributed by atoms with E-state index in [2.05, 4.69) is 72.6 Å². The van der Waals surface area contributed by atoms with Crippen LogP contribution < -0.4 is 0 Å². The maximum atomic E-state index is 10.8. The van der Waals surface area contributed by atoms with Crippen molar-refractivity contribution in [1.29, 1.82) is 0 Å². The average Bonchev–Trinajstić information content (AvgIpc) is 3.20. The lowest BCUT2D eigenvalue weighted by atomic mass is 10.3. The second kappa shape index (κ2) is 49.0. The molecule has 0 saturated carbocycles. The number of rotatable bonds is 22. The molecule has 0 aromatic carbocycles. The van der Waals surface area contributed by atoms with Crippen molar-refractivity contribution in [2.24, 2.45) is 0 Å². The summed E-state index contributed by atoms with van der Waals surface area (Å²) in [5.41, 5.74) is 1.17. The molecule has 0 bridgehead atoms. The van der Waals surface area contributed by atoms with Gasteiger partial charge >= 0.3 is 35.8 Å². The van der Waals surface area contributed by atoms with Crippen molar-refractivity contribution in [2.75, 3.05) is 94.5 Å². The highest BCUT2D eigenvalue weighted by molar-refractivity contribution is 5.87. The minimum atomic E-state index is -0.501. The van der Waals surface area contributed by atoms with Gasteiger partial charge in [-0.3, -0.25) is 0 Å². The summed E-state index contributed by atoms with van der Waals surface area (Å²) in [7, 11) is 6.22. The van der Waals surface area contributed by atoms with Gasteiger partial charge in [0.2, 0.25) is 0 Å². The zero-order valence-corrected chi connectivity index (χ0v) is 35.1. The Labute approximate surface area is 337 Å². The van der Waals surface area contributed by atoms with Crippen molar-refractivity contribution in [3.8, 4) is 0 Å². The molecule has 0 aromatic heterocycles. The van der Waals surface area contributed by atoms with E-state index in [4.69, 9.17) is 24.4 Å². The van der Waals surface area contributed by atoms with Crippen molar-refractivity contribution in [2.45, 2.75) is 46.8 Å². The third-order valence-electron chi connectivity index (χ3n) is 4.97. The molecule has 0 radical (unpaired) electrons. The Hall–Kier alpha value is -4.98. The van der Waals surface area contributed by atoms with Gasteiger partial charge in [-0.25, -0.2) is 28.8 Å². The molecule has 57 heavy (non-hydrogen) atoms. The average molecular weight is 823 g/mol. The van der Waals surface area contributed by atoms with Crippen LogP contribution in [0.1, 0.15) is 34.6 Å². The minimum Gasteiger partial charge on any atom is -0.460 e. The van der Waals surface area contributed by atoms with Gasteiger partial charge in [0.05, 0.1) is 38.6 Å². The normalized spacial score (nSPS) is 9.95. The molecule has 0 amide bonds. The SMILES string of the molecule is C=C(C)C(=O)OCC(C)OC.C=C(C)C(=O)OCCO.C=C(C)C(=O)OCCOC.C=CC(=O)OCC(C)OC.C=CC(=O)OCCO.C=CC(=O)OCCOC. The highest BCUT2D eigenvalue weighted by atomic mass is 16.6. The van der Waals surface area contributed by atoms with E-state index in [-0.39, 0.29) is 63.8 Å². The van der Waals surface area contributed by atoms with E-state index in [0.717, 1.165) is 18.2 Å². The van der Waals surface area contributed by atoms with Gasteiger partial charge in [-0.05, 0) is 34.6 Å². The summed E-state index contributed by atoms with van der Waals surface area (Å²) in [5.74, 6) is -2.51. The summed E-state index contributed by atoms with van der Waals surface area (Å²) in [5, 5.41) is 16.3. The molecule has 2 atom stereocenters. The highest BCUT2D eigenvalue weighted by Gasteiger charge is 2.06. The molecule has 0 aliphatic heterocycles. The molecule has 0 aromatic rings. The summed E-state index contributed by atoms with van der Waals surface area (Å²) in [6.07, 6.45) is 3.19. The fourth-order valence-corrected chi connectivity index (χ4v) is 1.80. The first kappa shape index (κ1) is 63.9. The van der Waals surface area contributed by atoms with Gasteiger partial charge < -0.3 is 57.6 Å². The van der Waals surface area contributed by atoms with Gasteiger partial charge in [-0.2, -0.15) is 0 Å². The Morgan fingerprint density at radius 3 is 1.07 bits per heavy atom. The maximum Gasteiger partial charge on any atom is 0.333 e. The Bertz CT molecular complexity index is 1160. The fraction of sp³-hybridized carbons (Fsp3) is 0.538. The molecule has 0 rings (SSSR count). The predicted octanol–water partition coefficient (Wildman–Crippen LogP) is 2.81. The number of ether oxygens (including phenoxy) is 10. The number of aliphatic hydroxyl groups excluding tert-OH is 2. The third-order valence-corrected chi connectivity index (χ3v) is 4.97. The summed E-state index contributed by atoms with van der Waals surface area (Å²) in [6, 6.07) is 0. The van der Waals surface area contributed by atoms with Gasteiger partial charge in [0.1, 0.15) is 39.6 Å².